The highest BCUT2D eigenvalue weighted by Crippen LogP contribution is 2.29. The van der Waals surface area contributed by atoms with Gasteiger partial charge in [-0.2, -0.15) is 0 Å². The van der Waals surface area contributed by atoms with Crippen LogP contribution in [-0.2, 0) is 9.53 Å². The summed E-state index contributed by atoms with van der Waals surface area (Å²) in [6.07, 6.45) is 0.895. The largest absolute Gasteiger partial charge is 0.463 e. The molecule has 0 aromatic carbocycles. The van der Waals surface area contributed by atoms with E-state index in [1.165, 1.54) is 0 Å². The van der Waals surface area contributed by atoms with Gasteiger partial charge in [0.25, 0.3) is 0 Å². The van der Waals surface area contributed by atoms with Crippen molar-refractivity contribution in [2.75, 3.05) is 13.3 Å². The molecule has 2 N–H and O–H groups in total. The third-order valence-corrected chi connectivity index (χ3v) is 2.13. The SMILES string of the molecule is CCOC(=O)C1=C(N)CC(CF)C1. The molecule has 0 saturated carbocycles. The summed E-state index contributed by atoms with van der Waals surface area (Å²) in [4.78, 5) is 11.2. The first-order chi connectivity index (χ1) is 6.19. The predicted octanol–water partition coefficient (Wildman–Crippen LogP) is 1.14. The number of hydrogen-bond acceptors (Lipinski definition) is 3. The van der Waals surface area contributed by atoms with Crippen LogP contribution in [0.2, 0.25) is 0 Å². The molecule has 3 nitrogen and oxygen atoms in total. The van der Waals surface area contributed by atoms with E-state index >= 15 is 0 Å². The number of nitrogens with two attached hydrogens (primary N) is 1. The maximum Gasteiger partial charge on any atom is 0.335 e. The van der Waals surface area contributed by atoms with E-state index in [0.29, 0.717) is 30.7 Å². The molecule has 0 radical (unpaired) electrons. The number of ether oxygens (including phenoxy) is 1. The molecule has 0 fully saturated rings. The first kappa shape index (κ1) is 10.0. The molecule has 1 aliphatic carbocycles. The summed E-state index contributed by atoms with van der Waals surface area (Å²) in [5.41, 5.74) is 6.54. The number of halogens is 1. The van der Waals surface area contributed by atoms with Gasteiger partial charge in [-0.1, -0.05) is 0 Å². The number of esters is 1. The highest BCUT2D eigenvalue weighted by Gasteiger charge is 2.27. The average molecular weight is 187 g/mol. The van der Waals surface area contributed by atoms with Gasteiger partial charge in [-0.15, -0.1) is 0 Å². The summed E-state index contributed by atoms with van der Waals surface area (Å²) in [6.45, 7) is 1.63. The zero-order valence-corrected chi connectivity index (χ0v) is 7.68. The van der Waals surface area contributed by atoms with Crippen molar-refractivity contribution >= 4 is 5.97 Å². The fourth-order valence-electron chi connectivity index (χ4n) is 1.47. The molecule has 1 unspecified atom stereocenters. The molecule has 0 aliphatic heterocycles. The van der Waals surface area contributed by atoms with Crippen molar-refractivity contribution in [3.8, 4) is 0 Å². The van der Waals surface area contributed by atoms with Crippen LogP contribution in [0.15, 0.2) is 11.3 Å². The van der Waals surface area contributed by atoms with E-state index in [4.69, 9.17) is 10.5 Å². The highest BCUT2D eigenvalue weighted by molar-refractivity contribution is 5.89. The number of hydrogen-bond donors (Lipinski definition) is 1. The molecule has 0 aromatic heterocycles. The summed E-state index contributed by atoms with van der Waals surface area (Å²) >= 11 is 0. The zero-order chi connectivity index (χ0) is 9.84. The topological polar surface area (TPSA) is 52.3 Å². The van der Waals surface area contributed by atoms with Gasteiger partial charge in [0.05, 0.1) is 18.9 Å². The molecule has 0 amide bonds. The lowest BCUT2D eigenvalue weighted by atomic mass is 10.1. The van der Waals surface area contributed by atoms with Crippen molar-refractivity contribution in [1.82, 2.24) is 0 Å². The molecular weight excluding hydrogens is 173 g/mol. The summed E-state index contributed by atoms with van der Waals surface area (Å²) in [5.74, 6) is -0.518. The monoisotopic (exact) mass is 187 g/mol. The van der Waals surface area contributed by atoms with E-state index in [2.05, 4.69) is 0 Å². The smallest absolute Gasteiger partial charge is 0.335 e. The average Bonchev–Trinajstić information content (AvgIpc) is 2.47. The van der Waals surface area contributed by atoms with Crippen LogP contribution in [-0.4, -0.2) is 19.3 Å². The van der Waals surface area contributed by atoms with E-state index in [-0.39, 0.29) is 5.92 Å². The molecule has 74 valence electrons. The molecule has 1 rings (SSSR count). The molecule has 13 heavy (non-hydrogen) atoms. The van der Waals surface area contributed by atoms with Crippen molar-refractivity contribution < 1.29 is 13.9 Å². The van der Waals surface area contributed by atoms with Crippen molar-refractivity contribution in [1.29, 1.82) is 0 Å². The third kappa shape index (κ3) is 2.20. The van der Waals surface area contributed by atoms with Gasteiger partial charge in [0.2, 0.25) is 0 Å². The molecule has 0 heterocycles. The van der Waals surface area contributed by atoms with E-state index < -0.39 is 12.6 Å². The summed E-state index contributed by atoms with van der Waals surface area (Å²) in [6, 6.07) is 0. The van der Waals surface area contributed by atoms with Crippen LogP contribution in [0.3, 0.4) is 0 Å². The highest BCUT2D eigenvalue weighted by atomic mass is 19.1. The maximum atomic E-state index is 12.3. The Bertz CT molecular complexity index is 238. The molecule has 0 spiro atoms. The lowest BCUT2D eigenvalue weighted by Crippen LogP contribution is -2.10. The lowest BCUT2D eigenvalue weighted by Gasteiger charge is -2.03. The van der Waals surface area contributed by atoms with Gasteiger partial charge in [-0.3, -0.25) is 4.39 Å². The standard InChI is InChI=1S/C9H14FNO2/c1-2-13-9(12)7-3-6(5-10)4-8(7)11/h6H,2-5,11H2,1H3. The number of alkyl halides is 1. The van der Waals surface area contributed by atoms with Gasteiger partial charge in [0.15, 0.2) is 0 Å². The Labute approximate surface area is 76.7 Å². The fraction of sp³-hybridized carbons (Fsp3) is 0.667. The summed E-state index contributed by atoms with van der Waals surface area (Å²) in [7, 11) is 0. The second kappa shape index (κ2) is 4.25. The van der Waals surface area contributed by atoms with Crippen molar-refractivity contribution in [3.63, 3.8) is 0 Å². The second-order valence-electron chi connectivity index (χ2n) is 3.15. The summed E-state index contributed by atoms with van der Waals surface area (Å²) in [5, 5.41) is 0. The van der Waals surface area contributed by atoms with E-state index in [9.17, 15) is 9.18 Å². The van der Waals surface area contributed by atoms with E-state index in [0.717, 1.165) is 0 Å². The fourth-order valence-corrected chi connectivity index (χ4v) is 1.47. The van der Waals surface area contributed by atoms with Crippen LogP contribution < -0.4 is 5.73 Å². The first-order valence-electron chi connectivity index (χ1n) is 4.39. The second-order valence-corrected chi connectivity index (χ2v) is 3.15. The third-order valence-electron chi connectivity index (χ3n) is 2.13. The number of carbonyl (C=O) groups excluding carboxylic acids is 1. The van der Waals surface area contributed by atoms with Crippen LogP contribution in [0.4, 0.5) is 4.39 Å². The van der Waals surface area contributed by atoms with Crippen molar-refractivity contribution in [2.24, 2.45) is 11.7 Å². The Balaban J connectivity index is 2.59. The Hall–Kier alpha value is -1.06. The Morgan fingerprint density at radius 3 is 2.85 bits per heavy atom. The molecule has 0 bridgehead atoms. The quantitative estimate of drug-likeness (QED) is 0.674. The Kier molecular flexibility index (Phi) is 3.28. The van der Waals surface area contributed by atoms with Crippen molar-refractivity contribution in [2.45, 2.75) is 19.8 Å². The molecule has 1 aliphatic rings. The minimum absolute atomic E-state index is 0.126. The van der Waals surface area contributed by atoms with Crippen LogP contribution >= 0.6 is 0 Å². The van der Waals surface area contributed by atoms with Crippen LogP contribution in [0, 0.1) is 5.92 Å². The molecule has 0 aromatic rings. The first-order valence-corrected chi connectivity index (χ1v) is 4.39. The van der Waals surface area contributed by atoms with Gasteiger partial charge in [0.1, 0.15) is 0 Å². The van der Waals surface area contributed by atoms with Crippen LogP contribution in [0.25, 0.3) is 0 Å². The van der Waals surface area contributed by atoms with Crippen LogP contribution in [0.1, 0.15) is 19.8 Å². The van der Waals surface area contributed by atoms with Gasteiger partial charge in [-0.05, 0) is 25.7 Å². The Morgan fingerprint density at radius 1 is 1.69 bits per heavy atom. The molecule has 0 saturated heterocycles. The van der Waals surface area contributed by atoms with Crippen molar-refractivity contribution in [3.05, 3.63) is 11.3 Å². The zero-order valence-electron chi connectivity index (χ0n) is 7.68. The maximum absolute atomic E-state index is 12.3. The number of carbonyl (C=O) groups is 1. The van der Waals surface area contributed by atoms with Gasteiger partial charge in [-0.25, -0.2) is 4.79 Å². The van der Waals surface area contributed by atoms with Gasteiger partial charge in [0, 0.05) is 5.70 Å². The normalized spacial score (nSPS) is 22.2. The Morgan fingerprint density at radius 2 is 2.38 bits per heavy atom. The van der Waals surface area contributed by atoms with Crippen LogP contribution in [0.5, 0.6) is 0 Å². The number of allylic oxidation sites excluding steroid dienone is 1. The van der Waals surface area contributed by atoms with E-state index in [1.54, 1.807) is 6.92 Å². The summed E-state index contributed by atoms with van der Waals surface area (Å²) < 4.78 is 17.0. The van der Waals surface area contributed by atoms with Gasteiger partial charge >= 0.3 is 5.97 Å². The molecule has 4 heteroatoms. The minimum Gasteiger partial charge on any atom is -0.463 e. The minimum atomic E-state index is -0.427. The predicted molar refractivity (Wildman–Crippen MR) is 46.5 cm³/mol. The number of rotatable bonds is 3. The van der Waals surface area contributed by atoms with E-state index in [1.807, 2.05) is 0 Å². The molecule has 1 atom stereocenters. The van der Waals surface area contributed by atoms with Gasteiger partial charge < -0.3 is 10.5 Å². The molecular formula is C9H14FNO2. The lowest BCUT2D eigenvalue weighted by molar-refractivity contribution is -0.138.